The van der Waals surface area contributed by atoms with Crippen LogP contribution in [0.2, 0.25) is 0 Å². The van der Waals surface area contributed by atoms with E-state index >= 15 is 0 Å². The lowest BCUT2D eigenvalue weighted by molar-refractivity contribution is 0.102. The summed E-state index contributed by atoms with van der Waals surface area (Å²) >= 11 is 2.18. The van der Waals surface area contributed by atoms with Crippen molar-refractivity contribution in [2.45, 2.75) is 0 Å². The number of nitrogens with one attached hydrogen (secondary N) is 1. The third kappa shape index (κ3) is 4.54. The van der Waals surface area contributed by atoms with Crippen molar-refractivity contribution in [2.75, 3.05) is 42.7 Å². The van der Waals surface area contributed by atoms with Crippen LogP contribution in [0.4, 0.5) is 11.4 Å². The van der Waals surface area contributed by atoms with Crippen LogP contribution in [0.15, 0.2) is 48.5 Å². The fourth-order valence-electron chi connectivity index (χ4n) is 2.94. The van der Waals surface area contributed by atoms with Gasteiger partial charge in [-0.2, -0.15) is 4.31 Å². The highest BCUT2D eigenvalue weighted by atomic mass is 127. The fraction of sp³-hybridized carbons (Fsp3) is 0.278. The Morgan fingerprint density at radius 2 is 1.73 bits per heavy atom. The zero-order valence-electron chi connectivity index (χ0n) is 14.4. The number of carbonyl (C=O) groups is 1. The monoisotopic (exact) mass is 485 g/mol. The second-order valence-corrected chi connectivity index (χ2v) is 9.36. The molecule has 1 N–H and O–H groups in total. The SMILES string of the molecule is CS(=O)(=O)N1CCN(c2ccccc2NC(=O)c2cccc(I)c2)CC1. The molecule has 0 saturated carbocycles. The first-order chi connectivity index (χ1) is 12.3. The first-order valence-electron chi connectivity index (χ1n) is 8.20. The highest BCUT2D eigenvalue weighted by molar-refractivity contribution is 14.1. The van der Waals surface area contributed by atoms with Crippen LogP contribution >= 0.6 is 22.6 Å². The zero-order valence-corrected chi connectivity index (χ0v) is 17.3. The normalized spacial score (nSPS) is 15.7. The lowest BCUT2D eigenvalue weighted by atomic mass is 10.2. The summed E-state index contributed by atoms with van der Waals surface area (Å²) in [6.45, 7) is 2.06. The quantitative estimate of drug-likeness (QED) is 0.677. The van der Waals surface area contributed by atoms with Crippen molar-refractivity contribution < 1.29 is 13.2 Å². The second-order valence-electron chi connectivity index (χ2n) is 6.13. The van der Waals surface area contributed by atoms with Crippen molar-refractivity contribution >= 4 is 49.9 Å². The first kappa shape index (κ1) is 19.1. The largest absolute Gasteiger partial charge is 0.367 e. The van der Waals surface area contributed by atoms with Gasteiger partial charge in [0.1, 0.15) is 0 Å². The number of hydrogen-bond acceptors (Lipinski definition) is 4. The third-order valence-corrected chi connectivity index (χ3v) is 6.26. The maximum absolute atomic E-state index is 12.6. The molecule has 1 heterocycles. The van der Waals surface area contributed by atoms with Gasteiger partial charge >= 0.3 is 0 Å². The van der Waals surface area contributed by atoms with E-state index in [9.17, 15) is 13.2 Å². The summed E-state index contributed by atoms with van der Waals surface area (Å²) in [5, 5.41) is 2.98. The maximum Gasteiger partial charge on any atom is 0.255 e. The van der Waals surface area contributed by atoms with Crippen LogP contribution in [-0.2, 0) is 10.0 Å². The van der Waals surface area contributed by atoms with Gasteiger partial charge < -0.3 is 10.2 Å². The van der Waals surface area contributed by atoms with Crippen LogP contribution in [0, 0.1) is 3.57 Å². The van der Waals surface area contributed by atoms with E-state index in [1.54, 1.807) is 6.07 Å². The fourth-order valence-corrected chi connectivity index (χ4v) is 4.31. The van der Waals surface area contributed by atoms with Crippen molar-refractivity contribution in [1.82, 2.24) is 4.31 Å². The van der Waals surface area contributed by atoms with Gasteiger partial charge in [0.05, 0.1) is 17.6 Å². The predicted octanol–water partition coefficient (Wildman–Crippen LogP) is 2.63. The summed E-state index contributed by atoms with van der Waals surface area (Å²) in [6, 6.07) is 15.0. The molecule has 0 unspecified atom stereocenters. The number of amides is 1. The van der Waals surface area contributed by atoms with Gasteiger partial charge in [0.2, 0.25) is 10.0 Å². The molecule has 0 aromatic heterocycles. The molecular formula is C18H20IN3O3S. The Morgan fingerprint density at radius 3 is 2.38 bits per heavy atom. The number of piperazine rings is 1. The van der Waals surface area contributed by atoms with Crippen LogP contribution in [0.3, 0.4) is 0 Å². The molecule has 138 valence electrons. The number of sulfonamides is 1. The Hall–Kier alpha value is -1.65. The van der Waals surface area contributed by atoms with Gasteiger partial charge in [0.15, 0.2) is 0 Å². The minimum atomic E-state index is -3.16. The molecule has 6 nitrogen and oxygen atoms in total. The van der Waals surface area contributed by atoms with E-state index in [-0.39, 0.29) is 5.91 Å². The van der Waals surface area contributed by atoms with Gasteiger partial charge in [-0.1, -0.05) is 18.2 Å². The van der Waals surface area contributed by atoms with Gasteiger partial charge in [0.25, 0.3) is 5.91 Å². The molecule has 1 aliphatic heterocycles. The van der Waals surface area contributed by atoms with Crippen LogP contribution in [0.1, 0.15) is 10.4 Å². The highest BCUT2D eigenvalue weighted by Gasteiger charge is 2.24. The topological polar surface area (TPSA) is 69.7 Å². The Kier molecular flexibility index (Phi) is 5.83. The van der Waals surface area contributed by atoms with Gasteiger partial charge in [0, 0.05) is 35.3 Å². The number of carbonyl (C=O) groups excluding carboxylic acids is 1. The zero-order chi connectivity index (χ0) is 18.7. The van der Waals surface area contributed by atoms with Crippen molar-refractivity contribution in [1.29, 1.82) is 0 Å². The summed E-state index contributed by atoms with van der Waals surface area (Å²) < 4.78 is 25.8. The summed E-state index contributed by atoms with van der Waals surface area (Å²) in [5.41, 5.74) is 2.23. The van der Waals surface area contributed by atoms with Crippen LogP contribution in [0.5, 0.6) is 0 Å². The minimum Gasteiger partial charge on any atom is -0.367 e. The van der Waals surface area contributed by atoms with Gasteiger partial charge in [-0.05, 0) is 52.9 Å². The number of nitrogens with zero attached hydrogens (tertiary/aromatic N) is 2. The number of para-hydroxylation sites is 2. The van der Waals surface area contributed by atoms with Crippen LogP contribution in [0.25, 0.3) is 0 Å². The number of anilines is 2. The predicted molar refractivity (Wildman–Crippen MR) is 112 cm³/mol. The van der Waals surface area contributed by atoms with E-state index in [1.165, 1.54) is 10.6 Å². The van der Waals surface area contributed by atoms with Crippen molar-refractivity contribution in [3.8, 4) is 0 Å². The first-order valence-corrected chi connectivity index (χ1v) is 11.1. The van der Waals surface area contributed by atoms with Crippen LogP contribution < -0.4 is 10.2 Å². The van der Waals surface area contributed by atoms with Gasteiger partial charge in [-0.25, -0.2) is 8.42 Å². The molecule has 0 spiro atoms. The molecule has 1 aliphatic rings. The van der Waals surface area contributed by atoms with Gasteiger partial charge in [-0.3, -0.25) is 4.79 Å². The van der Waals surface area contributed by atoms with Crippen molar-refractivity contribution in [3.63, 3.8) is 0 Å². The summed E-state index contributed by atoms with van der Waals surface area (Å²) in [5.74, 6) is -0.161. The average molecular weight is 485 g/mol. The van der Waals surface area contributed by atoms with Crippen LogP contribution in [-0.4, -0.2) is 51.1 Å². The van der Waals surface area contributed by atoms with E-state index in [0.717, 1.165) is 14.9 Å². The molecule has 3 rings (SSSR count). The molecule has 0 bridgehead atoms. The molecule has 1 saturated heterocycles. The number of benzene rings is 2. The summed E-state index contributed by atoms with van der Waals surface area (Å²) in [7, 11) is -3.16. The average Bonchev–Trinajstić information content (AvgIpc) is 2.61. The maximum atomic E-state index is 12.6. The summed E-state index contributed by atoms with van der Waals surface area (Å²) in [4.78, 5) is 14.7. The van der Waals surface area contributed by atoms with E-state index in [2.05, 4.69) is 32.8 Å². The van der Waals surface area contributed by atoms with E-state index in [4.69, 9.17) is 0 Å². The molecule has 1 fully saturated rings. The number of halogens is 1. The molecule has 2 aromatic carbocycles. The molecule has 8 heteroatoms. The Labute approximate surface area is 167 Å². The summed E-state index contributed by atoms with van der Waals surface area (Å²) in [6.07, 6.45) is 1.23. The standard InChI is InChI=1S/C18H20IN3O3S/c1-26(24,25)22-11-9-21(10-12-22)17-8-3-2-7-16(17)20-18(23)14-5-4-6-15(19)13-14/h2-8,13H,9-12H2,1H3,(H,20,23). The number of rotatable bonds is 4. The molecule has 1 amide bonds. The molecule has 0 atom stereocenters. The number of hydrogen-bond donors (Lipinski definition) is 1. The molecule has 0 aliphatic carbocycles. The molecular weight excluding hydrogens is 465 g/mol. The Balaban J connectivity index is 1.76. The molecule has 2 aromatic rings. The van der Waals surface area contributed by atoms with Crippen molar-refractivity contribution in [3.05, 3.63) is 57.7 Å². The van der Waals surface area contributed by atoms with E-state index in [0.29, 0.717) is 31.7 Å². The van der Waals surface area contributed by atoms with Gasteiger partial charge in [-0.15, -0.1) is 0 Å². The minimum absolute atomic E-state index is 0.161. The third-order valence-electron chi connectivity index (χ3n) is 4.29. The molecule has 26 heavy (non-hydrogen) atoms. The Bertz CT molecular complexity index is 909. The van der Waals surface area contributed by atoms with E-state index in [1.807, 2.05) is 42.5 Å². The van der Waals surface area contributed by atoms with E-state index < -0.39 is 10.0 Å². The highest BCUT2D eigenvalue weighted by Crippen LogP contribution is 2.27. The smallest absolute Gasteiger partial charge is 0.255 e. The lowest BCUT2D eigenvalue weighted by Crippen LogP contribution is -2.48. The second kappa shape index (κ2) is 7.93. The van der Waals surface area contributed by atoms with Crippen molar-refractivity contribution in [2.24, 2.45) is 0 Å². The molecule has 0 radical (unpaired) electrons. The lowest BCUT2D eigenvalue weighted by Gasteiger charge is -2.35. The Morgan fingerprint density at radius 1 is 1.04 bits per heavy atom.